The number of fused-ring (bicyclic) bond motifs is 1. The lowest BCUT2D eigenvalue weighted by molar-refractivity contribution is -0.137. The van der Waals surface area contributed by atoms with Crippen LogP contribution in [0.4, 0.5) is 0 Å². The molecule has 2 aliphatic rings. The first-order valence-corrected chi connectivity index (χ1v) is 10.0. The van der Waals surface area contributed by atoms with E-state index >= 15 is 0 Å². The maximum Gasteiger partial charge on any atom is 0.226 e. The van der Waals surface area contributed by atoms with Gasteiger partial charge in [0, 0.05) is 25.0 Å². The van der Waals surface area contributed by atoms with E-state index in [0.29, 0.717) is 11.9 Å². The zero-order valence-corrected chi connectivity index (χ0v) is 17.9. The summed E-state index contributed by atoms with van der Waals surface area (Å²) in [4.78, 5) is 20.2. The van der Waals surface area contributed by atoms with E-state index in [-0.39, 0.29) is 36.6 Å². The topological polar surface area (TPSA) is 45.2 Å². The summed E-state index contributed by atoms with van der Waals surface area (Å²) in [6.45, 7) is 1.73. The fraction of sp³-hybridized carbons (Fsp3) is 0.500. The van der Waals surface area contributed by atoms with E-state index in [1.54, 1.807) is 11.3 Å². The Bertz CT molecular complexity index is 761. The highest BCUT2D eigenvalue weighted by Crippen LogP contribution is 2.39. The van der Waals surface area contributed by atoms with Crippen LogP contribution in [0.25, 0.3) is 10.2 Å². The molecule has 3 atom stereocenters. The third-order valence-electron chi connectivity index (χ3n) is 5.52. The first-order valence-electron chi connectivity index (χ1n) is 9.23. The van der Waals surface area contributed by atoms with Gasteiger partial charge in [-0.15, -0.1) is 36.2 Å². The van der Waals surface area contributed by atoms with Gasteiger partial charge in [0.1, 0.15) is 0 Å². The first kappa shape index (κ1) is 22.2. The van der Waals surface area contributed by atoms with Gasteiger partial charge in [-0.1, -0.05) is 24.3 Å². The number of hydrogen-bond acceptors (Lipinski definition) is 4. The molecular formula is C20H27Cl2N3OS. The van der Waals surface area contributed by atoms with Crippen LogP contribution in [0, 0.1) is 5.92 Å². The third-order valence-corrected chi connectivity index (χ3v) is 6.69. The van der Waals surface area contributed by atoms with Crippen LogP contribution in [0.1, 0.15) is 36.6 Å². The largest absolute Gasteiger partial charge is 0.341 e. The van der Waals surface area contributed by atoms with Crippen molar-refractivity contribution in [2.45, 2.75) is 37.6 Å². The molecule has 1 aromatic heterocycles. The third kappa shape index (κ3) is 4.65. The fourth-order valence-electron chi connectivity index (χ4n) is 4.06. The molecule has 1 N–H and O–H groups in total. The van der Waals surface area contributed by atoms with Crippen molar-refractivity contribution < 1.29 is 4.79 Å². The summed E-state index contributed by atoms with van der Waals surface area (Å²) < 4.78 is 1.21. The van der Waals surface area contributed by atoms with Crippen LogP contribution < -0.4 is 5.32 Å². The van der Waals surface area contributed by atoms with Crippen LogP contribution in [0.2, 0.25) is 0 Å². The standard InChI is InChI=1S/C20H25N3OS.2ClH/c1-21-14-7-6-12-23(13-14)20(24)16-9-3-2-8-15(16)19-22-17-10-4-5-11-18(17)25-19;;/h2-5,10-11,14-16,21H,6-9,12-13H2,1H3;2*1H. The molecule has 1 aromatic carbocycles. The minimum atomic E-state index is 0. The van der Waals surface area contributed by atoms with Gasteiger partial charge >= 0.3 is 0 Å². The van der Waals surface area contributed by atoms with Crippen molar-refractivity contribution in [1.29, 1.82) is 0 Å². The highest BCUT2D eigenvalue weighted by atomic mass is 35.5. The molecule has 0 bridgehead atoms. The number of likely N-dealkylation sites (tertiary alicyclic amines) is 1. The number of halogens is 2. The Hall–Kier alpha value is -1.14. The highest BCUT2D eigenvalue weighted by Gasteiger charge is 2.36. The van der Waals surface area contributed by atoms with Crippen LogP contribution in [0.15, 0.2) is 36.4 Å². The number of nitrogens with zero attached hydrogens (tertiary/aromatic N) is 2. The van der Waals surface area contributed by atoms with Gasteiger partial charge in [-0.3, -0.25) is 4.79 Å². The number of carbonyl (C=O) groups excluding carboxylic acids is 1. The molecule has 1 aliphatic carbocycles. The number of aromatic nitrogens is 1. The molecular weight excluding hydrogens is 401 g/mol. The summed E-state index contributed by atoms with van der Waals surface area (Å²) in [6, 6.07) is 8.69. The number of thiazole rings is 1. The quantitative estimate of drug-likeness (QED) is 0.738. The molecule has 0 spiro atoms. The molecule has 148 valence electrons. The van der Waals surface area contributed by atoms with E-state index < -0.39 is 0 Å². The monoisotopic (exact) mass is 427 g/mol. The van der Waals surface area contributed by atoms with E-state index in [1.165, 1.54) is 4.70 Å². The number of carbonyl (C=O) groups is 1. The van der Waals surface area contributed by atoms with E-state index in [9.17, 15) is 4.79 Å². The van der Waals surface area contributed by atoms with Crippen LogP contribution in [0.5, 0.6) is 0 Å². The lowest BCUT2D eigenvalue weighted by Gasteiger charge is -2.37. The van der Waals surface area contributed by atoms with Gasteiger partial charge in [0.2, 0.25) is 5.91 Å². The Kier molecular flexibility index (Phi) is 8.10. The number of likely N-dealkylation sites (N-methyl/N-ethyl adjacent to an activating group) is 1. The molecule has 1 aliphatic heterocycles. The predicted octanol–water partition coefficient (Wildman–Crippen LogP) is 4.40. The molecule has 4 nitrogen and oxygen atoms in total. The van der Waals surface area contributed by atoms with E-state index in [2.05, 4.69) is 40.6 Å². The van der Waals surface area contributed by atoms with Crippen LogP contribution >= 0.6 is 36.2 Å². The minimum absolute atomic E-state index is 0. The Balaban J connectivity index is 0.00000131. The summed E-state index contributed by atoms with van der Waals surface area (Å²) in [5, 5.41) is 4.45. The smallest absolute Gasteiger partial charge is 0.226 e. The van der Waals surface area contributed by atoms with Gasteiger partial charge in [-0.2, -0.15) is 0 Å². The normalized spacial score (nSPS) is 24.9. The van der Waals surface area contributed by atoms with Crippen LogP contribution in [0.3, 0.4) is 0 Å². The van der Waals surface area contributed by atoms with Crippen LogP contribution in [-0.2, 0) is 4.79 Å². The molecule has 27 heavy (non-hydrogen) atoms. The van der Waals surface area contributed by atoms with Crippen molar-refractivity contribution in [2.24, 2.45) is 5.92 Å². The summed E-state index contributed by atoms with van der Waals surface area (Å²) in [5.74, 6) is 0.555. The Morgan fingerprint density at radius 2 is 2.00 bits per heavy atom. The highest BCUT2D eigenvalue weighted by molar-refractivity contribution is 7.18. The average Bonchev–Trinajstić information content (AvgIpc) is 3.11. The fourth-order valence-corrected chi connectivity index (χ4v) is 5.20. The number of hydrogen-bond donors (Lipinski definition) is 1. The summed E-state index contributed by atoms with van der Waals surface area (Å²) in [7, 11) is 1.99. The summed E-state index contributed by atoms with van der Waals surface area (Å²) in [5.41, 5.74) is 1.05. The lowest BCUT2D eigenvalue weighted by atomic mass is 9.82. The molecule has 3 unspecified atom stereocenters. The molecule has 0 saturated carbocycles. The number of para-hydroxylation sites is 1. The SMILES string of the molecule is CNC1CCCN(C(=O)C2CC=CCC2c2nc3ccccc3s2)C1.Cl.Cl. The number of nitrogens with one attached hydrogen (secondary N) is 1. The van der Waals surface area contributed by atoms with Gasteiger partial charge < -0.3 is 10.2 Å². The molecule has 4 rings (SSSR count). The van der Waals surface area contributed by atoms with Crippen molar-refractivity contribution in [2.75, 3.05) is 20.1 Å². The molecule has 2 heterocycles. The first-order chi connectivity index (χ1) is 12.3. The number of amides is 1. The Labute approximate surface area is 177 Å². The Morgan fingerprint density at radius 1 is 1.22 bits per heavy atom. The van der Waals surface area contributed by atoms with Gasteiger partial charge in [0.05, 0.1) is 21.1 Å². The zero-order valence-electron chi connectivity index (χ0n) is 15.5. The minimum Gasteiger partial charge on any atom is -0.341 e. The van der Waals surface area contributed by atoms with Gasteiger partial charge in [0.15, 0.2) is 0 Å². The van der Waals surface area contributed by atoms with Crippen molar-refractivity contribution in [3.05, 3.63) is 41.4 Å². The van der Waals surface area contributed by atoms with Gasteiger partial charge in [-0.25, -0.2) is 4.98 Å². The Morgan fingerprint density at radius 3 is 2.78 bits per heavy atom. The predicted molar refractivity (Wildman–Crippen MR) is 117 cm³/mol. The average molecular weight is 428 g/mol. The van der Waals surface area contributed by atoms with Crippen molar-refractivity contribution in [3.8, 4) is 0 Å². The maximum atomic E-state index is 13.3. The number of benzene rings is 1. The summed E-state index contributed by atoms with van der Waals surface area (Å²) in [6.07, 6.45) is 8.39. The molecule has 2 aromatic rings. The second-order valence-corrected chi connectivity index (χ2v) is 8.15. The molecule has 7 heteroatoms. The number of allylic oxidation sites excluding steroid dienone is 2. The molecule has 0 radical (unpaired) electrons. The number of rotatable bonds is 3. The van der Waals surface area contributed by atoms with Gasteiger partial charge in [-0.05, 0) is 44.9 Å². The number of piperidine rings is 1. The zero-order chi connectivity index (χ0) is 17.2. The second-order valence-electron chi connectivity index (χ2n) is 7.09. The summed E-state index contributed by atoms with van der Waals surface area (Å²) >= 11 is 1.75. The lowest BCUT2D eigenvalue weighted by Crippen LogP contribution is -2.49. The molecule has 1 fully saturated rings. The maximum absolute atomic E-state index is 13.3. The molecule has 1 amide bonds. The van der Waals surface area contributed by atoms with Crippen molar-refractivity contribution >= 4 is 52.3 Å². The van der Waals surface area contributed by atoms with E-state index in [4.69, 9.17) is 4.98 Å². The molecule has 1 saturated heterocycles. The van der Waals surface area contributed by atoms with E-state index in [1.807, 2.05) is 13.1 Å². The van der Waals surface area contributed by atoms with Crippen molar-refractivity contribution in [1.82, 2.24) is 15.2 Å². The van der Waals surface area contributed by atoms with Gasteiger partial charge in [0.25, 0.3) is 0 Å². The van der Waals surface area contributed by atoms with E-state index in [0.717, 1.165) is 49.3 Å². The van der Waals surface area contributed by atoms with Crippen molar-refractivity contribution in [3.63, 3.8) is 0 Å². The van der Waals surface area contributed by atoms with Crippen LogP contribution in [-0.4, -0.2) is 42.0 Å². The second kappa shape index (κ2) is 9.87.